The third-order valence-corrected chi connectivity index (χ3v) is 4.45. The highest BCUT2D eigenvalue weighted by molar-refractivity contribution is 7.90. The van der Waals surface area contributed by atoms with Crippen LogP contribution in [0.4, 0.5) is 5.69 Å². The largest absolute Gasteiger partial charge is 0.366 e. The van der Waals surface area contributed by atoms with Crippen molar-refractivity contribution in [3.05, 3.63) is 65.7 Å². The predicted molar refractivity (Wildman–Crippen MR) is 92.2 cm³/mol. The number of nitrogens with zero attached hydrogens (tertiary/aromatic N) is 1. The van der Waals surface area contributed by atoms with E-state index in [0.717, 1.165) is 16.9 Å². The molecule has 0 saturated carbocycles. The van der Waals surface area contributed by atoms with Gasteiger partial charge in [-0.3, -0.25) is 15.1 Å². The molecule has 0 radical (unpaired) electrons. The second kappa shape index (κ2) is 7.29. The van der Waals surface area contributed by atoms with Crippen LogP contribution in [0.25, 0.3) is 6.08 Å². The minimum atomic E-state index is -3.25. The van der Waals surface area contributed by atoms with Gasteiger partial charge >= 0.3 is 0 Å². The number of benzene rings is 2. The number of primary amides is 1. The molecule has 24 heavy (non-hydrogen) atoms. The smallest absolute Gasteiger partial charge is 0.241 e. The van der Waals surface area contributed by atoms with Crippen LogP contribution in [-0.2, 0) is 21.2 Å². The SMILES string of the molecule is CS(=O)(=O)c1ccc(CN(O)c2ccccc2/C=C/C(N)=O)cc1. The lowest BCUT2D eigenvalue weighted by atomic mass is 10.1. The van der Waals surface area contributed by atoms with Crippen molar-refractivity contribution in [1.82, 2.24) is 0 Å². The highest BCUT2D eigenvalue weighted by atomic mass is 32.2. The molecule has 2 rings (SSSR count). The van der Waals surface area contributed by atoms with Crippen molar-refractivity contribution in [1.29, 1.82) is 0 Å². The zero-order chi connectivity index (χ0) is 17.7. The van der Waals surface area contributed by atoms with Crippen molar-refractivity contribution in [2.45, 2.75) is 11.4 Å². The average Bonchev–Trinajstić information content (AvgIpc) is 2.52. The molecule has 3 N–H and O–H groups in total. The fourth-order valence-corrected chi connectivity index (χ4v) is 2.77. The maximum Gasteiger partial charge on any atom is 0.241 e. The summed E-state index contributed by atoms with van der Waals surface area (Å²) >= 11 is 0. The highest BCUT2D eigenvalue weighted by Crippen LogP contribution is 2.22. The van der Waals surface area contributed by atoms with Crippen molar-refractivity contribution in [3.8, 4) is 0 Å². The minimum absolute atomic E-state index is 0.158. The molecule has 0 spiro atoms. The maximum atomic E-state index is 11.5. The van der Waals surface area contributed by atoms with Crippen LogP contribution in [0.15, 0.2) is 59.5 Å². The zero-order valence-corrected chi connectivity index (χ0v) is 13.9. The van der Waals surface area contributed by atoms with Gasteiger partial charge in [0.2, 0.25) is 5.91 Å². The molecular formula is C17H18N2O4S. The Kier molecular flexibility index (Phi) is 5.38. The highest BCUT2D eigenvalue weighted by Gasteiger charge is 2.10. The van der Waals surface area contributed by atoms with Crippen LogP contribution in [0, 0.1) is 0 Å². The van der Waals surface area contributed by atoms with E-state index in [1.165, 1.54) is 24.3 Å². The number of para-hydroxylation sites is 1. The standard InChI is InChI=1S/C17H18N2O4S/c1-24(22,23)15-9-6-13(7-10-15)12-19(21)16-5-3-2-4-14(16)8-11-17(18)20/h2-11,21H,12H2,1H3,(H2,18,20)/b11-8+. The molecule has 126 valence electrons. The van der Waals surface area contributed by atoms with E-state index in [-0.39, 0.29) is 11.4 Å². The van der Waals surface area contributed by atoms with E-state index in [0.29, 0.717) is 11.3 Å². The van der Waals surface area contributed by atoms with Crippen LogP contribution < -0.4 is 10.8 Å². The first-order chi connectivity index (χ1) is 11.3. The van der Waals surface area contributed by atoms with Gasteiger partial charge in [0.05, 0.1) is 17.1 Å². The molecule has 2 aromatic carbocycles. The van der Waals surface area contributed by atoms with Crippen LogP contribution in [0.3, 0.4) is 0 Å². The molecule has 0 fully saturated rings. The molecule has 6 nitrogen and oxygen atoms in total. The van der Waals surface area contributed by atoms with Crippen molar-refractivity contribution in [2.24, 2.45) is 5.73 Å². The summed E-state index contributed by atoms with van der Waals surface area (Å²) < 4.78 is 22.9. The number of sulfone groups is 1. The van der Waals surface area contributed by atoms with Gasteiger partial charge in [0.25, 0.3) is 0 Å². The number of carbonyl (C=O) groups is 1. The lowest BCUT2D eigenvalue weighted by molar-refractivity contribution is -0.113. The predicted octanol–water partition coefficient (Wildman–Crippen LogP) is 1.98. The first kappa shape index (κ1) is 17.7. The Morgan fingerprint density at radius 3 is 2.38 bits per heavy atom. The molecule has 0 heterocycles. The number of nitrogens with two attached hydrogens (primary N) is 1. The van der Waals surface area contributed by atoms with E-state index in [9.17, 15) is 18.4 Å². The van der Waals surface area contributed by atoms with E-state index in [4.69, 9.17) is 5.73 Å². The van der Waals surface area contributed by atoms with E-state index in [2.05, 4.69) is 0 Å². The molecule has 0 aliphatic carbocycles. The van der Waals surface area contributed by atoms with Crippen LogP contribution in [0.5, 0.6) is 0 Å². The van der Waals surface area contributed by atoms with Crippen molar-refractivity contribution in [2.75, 3.05) is 11.3 Å². The van der Waals surface area contributed by atoms with Gasteiger partial charge in [0.15, 0.2) is 9.84 Å². The molecule has 1 amide bonds. The lowest BCUT2D eigenvalue weighted by Gasteiger charge is -2.19. The molecule has 0 aliphatic heterocycles. The lowest BCUT2D eigenvalue weighted by Crippen LogP contribution is -2.18. The number of anilines is 1. The summed E-state index contributed by atoms with van der Waals surface area (Å²) in [6, 6.07) is 13.2. The molecular weight excluding hydrogens is 328 g/mol. The number of carbonyl (C=O) groups excluding carboxylic acids is 1. The summed E-state index contributed by atoms with van der Waals surface area (Å²) in [4.78, 5) is 11.1. The van der Waals surface area contributed by atoms with Crippen LogP contribution >= 0.6 is 0 Å². The quantitative estimate of drug-likeness (QED) is 0.615. The Balaban J connectivity index is 2.21. The Hall–Kier alpha value is -2.64. The van der Waals surface area contributed by atoms with Crippen molar-refractivity contribution < 1.29 is 18.4 Å². The normalized spacial score (nSPS) is 11.6. The number of rotatable bonds is 6. The summed E-state index contributed by atoms with van der Waals surface area (Å²) in [5.74, 6) is -0.578. The molecule has 7 heteroatoms. The van der Waals surface area contributed by atoms with E-state index >= 15 is 0 Å². The van der Waals surface area contributed by atoms with Gasteiger partial charge in [0, 0.05) is 17.9 Å². The third kappa shape index (κ3) is 4.68. The van der Waals surface area contributed by atoms with Gasteiger partial charge in [-0.1, -0.05) is 30.3 Å². The Labute approximate surface area is 140 Å². The Morgan fingerprint density at radius 1 is 1.17 bits per heavy atom. The van der Waals surface area contributed by atoms with Gasteiger partial charge < -0.3 is 5.73 Å². The number of hydrogen-bond donors (Lipinski definition) is 2. The zero-order valence-electron chi connectivity index (χ0n) is 13.1. The topological polar surface area (TPSA) is 101 Å². The Morgan fingerprint density at radius 2 is 1.79 bits per heavy atom. The molecule has 0 aromatic heterocycles. The fraction of sp³-hybridized carbons (Fsp3) is 0.118. The Bertz CT molecular complexity index is 858. The van der Waals surface area contributed by atoms with Crippen molar-refractivity contribution >= 4 is 27.5 Å². The summed E-state index contributed by atoms with van der Waals surface area (Å²) in [5, 5.41) is 11.3. The summed E-state index contributed by atoms with van der Waals surface area (Å²) in [6.07, 6.45) is 3.88. The molecule has 0 bridgehead atoms. The number of hydrogen-bond acceptors (Lipinski definition) is 5. The summed E-state index contributed by atoms with van der Waals surface area (Å²) in [5.41, 5.74) is 6.96. The van der Waals surface area contributed by atoms with Crippen LogP contribution in [-0.4, -0.2) is 25.8 Å². The number of amides is 1. The fourth-order valence-electron chi connectivity index (χ4n) is 2.14. The number of hydroxylamine groups is 1. The second-order valence-electron chi connectivity index (χ2n) is 5.27. The van der Waals surface area contributed by atoms with Gasteiger partial charge in [-0.15, -0.1) is 0 Å². The van der Waals surface area contributed by atoms with E-state index in [1.54, 1.807) is 36.4 Å². The first-order valence-corrected chi connectivity index (χ1v) is 8.98. The van der Waals surface area contributed by atoms with E-state index in [1.807, 2.05) is 0 Å². The summed E-state index contributed by atoms with van der Waals surface area (Å²) in [7, 11) is -3.25. The van der Waals surface area contributed by atoms with E-state index < -0.39 is 15.7 Å². The molecule has 0 saturated heterocycles. The third-order valence-electron chi connectivity index (χ3n) is 3.33. The van der Waals surface area contributed by atoms with Crippen LogP contribution in [0.1, 0.15) is 11.1 Å². The van der Waals surface area contributed by atoms with Gasteiger partial charge in [0.1, 0.15) is 0 Å². The first-order valence-electron chi connectivity index (χ1n) is 7.09. The average molecular weight is 346 g/mol. The monoisotopic (exact) mass is 346 g/mol. The molecule has 2 aromatic rings. The van der Waals surface area contributed by atoms with Gasteiger partial charge in [-0.05, 0) is 29.8 Å². The summed E-state index contributed by atoms with van der Waals surface area (Å²) in [6.45, 7) is 0.158. The van der Waals surface area contributed by atoms with Gasteiger partial charge in [-0.2, -0.15) is 0 Å². The van der Waals surface area contributed by atoms with Gasteiger partial charge in [-0.25, -0.2) is 8.42 Å². The second-order valence-corrected chi connectivity index (χ2v) is 7.28. The molecule has 0 atom stereocenters. The maximum absolute atomic E-state index is 11.5. The minimum Gasteiger partial charge on any atom is -0.366 e. The molecule has 0 aliphatic rings. The van der Waals surface area contributed by atoms with Crippen molar-refractivity contribution in [3.63, 3.8) is 0 Å². The van der Waals surface area contributed by atoms with Crippen LogP contribution in [0.2, 0.25) is 0 Å². The molecule has 0 unspecified atom stereocenters.